The van der Waals surface area contributed by atoms with Gasteiger partial charge in [0.25, 0.3) is 10.9 Å². The zero-order valence-corrected chi connectivity index (χ0v) is 19.9. The van der Waals surface area contributed by atoms with Crippen LogP contribution in [0.1, 0.15) is 18.1 Å². The monoisotopic (exact) mass is 463 g/mol. The van der Waals surface area contributed by atoms with Crippen LogP contribution in [0.15, 0.2) is 63.5 Å². The fourth-order valence-electron chi connectivity index (χ4n) is 4.08. The molecule has 0 unspecified atom stereocenters. The first kappa shape index (κ1) is 23.0. The summed E-state index contributed by atoms with van der Waals surface area (Å²) >= 11 is 1.72. The highest BCUT2D eigenvalue weighted by Gasteiger charge is 2.24. The predicted octanol–water partition coefficient (Wildman–Crippen LogP) is 3.83. The number of rotatable bonds is 10. The van der Waals surface area contributed by atoms with Crippen LogP contribution < -0.4 is 21.5 Å². The van der Waals surface area contributed by atoms with Crippen molar-refractivity contribution in [3.05, 3.63) is 85.5 Å². The van der Waals surface area contributed by atoms with Crippen molar-refractivity contribution in [2.75, 3.05) is 31.3 Å². The van der Waals surface area contributed by atoms with Crippen molar-refractivity contribution >= 4 is 32.8 Å². The Kier molecular flexibility index (Phi) is 6.81. The summed E-state index contributed by atoms with van der Waals surface area (Å²) in [5.41, 5.74) is 2.17. The van der Waals surface area contributed by atoms with E-state index in [1.54, 1.807) is 23.5 Å². The Balaban J connectivity index is 1.41. The summed E-state index contributed by atoms with van der Waals surface area (Å²) in [5.74, 6) is 0.238. The van der Waals surface area contributed by atoms with E-state index in [-0.39, 0.29) is 17.8 Å². The lowest BCUT2D eigenvalue weighted by molar-refractivity contribution is 0.303. The van der Waals surface area contributed by atoms with Gasteiger partial charge in [-0.25, -0.2) is 0 Å². The molecule has 0 saturated heterocycles. The second-order valence-electron chi connectivity index (χ2n) is 8.78. The minimum absolute atomic E-state index is 0.00787. The van der Waals surface area contributed by atoms with Crippen LogP contribution in [0.3, 0.4) is 0 Å². The average molecular weight is 464 g/mol. The van der Waals surface area contributed by atoms with Gasteiger partial charge in [-0.1, -0.05) is 30.3 Å². The van der Waals surface area contributed by atoms with E-state index in [1.165, 1.54) is 15.6 Å². The third kappa shape index (κ3) is 5.10. The highest BCUT2D eigenvalue weighted by molar-refractivity contribution is 7.17. The van der Waals surface area contributed by atoms with Gasteiger partial charge in [0.2, 0.25) is 0 Å². The molecule has 0 saturated carbocycles. The van der Waals surface area contributed by atoms with Crippen LogP contribution >= 0.6 is 11.3 Å². The molecule has 2 atom stereocenters. The minimum atomic E-state index is -0.465. The molecule has 7 heteroatoms. The van der Waals surface area contributed by atoms with E-state index in [1.807, 2.05) is 45.3 Å². The summed E-state index contributed by atoms with van der Waals surface area (Å²) in [4.78, 5) is 26.6. The van der Waals surface area contributed by atoms with E-state index in [0.717, 1.165) is 18.4 Å². The Hall–Kier alpha value is -3.16. The molecule has 0 aliphatic carbocycles. The molecule has 4 rings (SSSR count). The van der Waals surface area contributed by atoms with Crippen LogP contribution in [0.4, 0.5) is 11.4 Å². The quantitative estimate of drug-likeness (QED) is 0.310. The van der Waals surface area contributed by atoms with E-state index in [2.05, 4.69) is 33.0 Å². The lowest BCUT2D eigenvalue weighted by atomic mass is 10.0. The lowest BCUT2D eigenvalue weighted by Gasteiger charge is -2.26. The van der Waals surface area contributed by atoms with Gasteiger partial charge >= 0.3 is 0 Å². The maximum Gasteiger partial charge on any atom is 0.253 e. The third-order valence-corrected chi connectivity index (χ3v) is 7.05. The molecule has 0 spiro atoms. The largest absolute Gasteiger partial charge is 0.508 e. The predicted molar refractivity (Wildman–Crippen MR) is 138 cm³/mol. The van der Waals surface area contributed by atoms with Gasteiger partial charge in [-0.2, -0.15) is 0 Å². The van der Waals surface area contributed by atoms with Gasteiger partial charge in [-0.15, -0.1) is 11.3 Å². The highest BCUT2D eigenvalue weighted by Crippen LogP contribution is 2.27. The van der Waals surface area contributed by atoms with E-state index < -0.39 is 10.9 Å². The molecule has 33 heavy (non-hydrogen) atoms. The van der Waals surface area contributed by atoms with Gasteiger partial charge < -0.3 is 20.6 Å². The number of hydrogen-bond donors (Lipinski definition) is 3. The summed E-state index contributed by atoms with van der Waals surface area (Å²) in [5, 5.41) is 19.4. The molecule has 1 heterocycles. The number of benzene rings is 2. The first-order valence-corrected chi connectivity index (χ1v) is 11.9. The van der Waals surface area contributed by atoms with Gasteiger partial charge in [-0.3, -0.25) is 9.59 Å². The van der Waals surface area contributed by atoms with Crippen LogP contribution in [0.5, 0.6) is 5.75 Å². The fraction of sp³-hybridized carbons (Fsp3) is 0.308. The Labute approximate surface area is 197 Å². The number of likely N-dealkylation sites (N-methyl/N-ethyl adjacent to an activating group) is 1. The fourth-order valence-corrected chi connectivity index (χ4v) is 5.05. The van der Waals surface area contributed by atoms with Crippen molar-refractivity contribution < 1.29 is 5.11 Å². The molecule has 0 radical (unpaired) electrons. The maximum atomic E-state index is 12.3. The smallest absolute Gasteiger partial charge is 0.253 e. The lowest BCUT2D eigenvalue weighted by Crippen LogP contribution is -2.43. The van der Waals surface area contributed by atoms with Crippen LogP contribution in [-0.2, 0) is 12.8 Å². The van der Waals surface area contributed by atoms with Gasteiger partial charge in [0.05, 0.1) is 0 Å². The molecule has 0 bridgehead atoms. The number of nitrogens with zero attached hydrogens (tertiary/aromatic N) is 1. The molecule has 0 fully saturated rings. The second-order valence-corrected chi connectivity index (χ2v) is 9.69. The maximum absolute atomic E-state index is 12.3. The average Bonchev–Trinajstić information content (AvgIpc) is 3.21. The number of hydrogen-bond acceptors (Lipinski definition) is 7. The van der Waals surface area contributed by atoms with Crippen molar-refractivity contribution in [1.82, 2.24) is 4.90 Å². The first-order valence-electron chi connectivity index (χ1n) is 11.1. The summed E-state index contributed by atoms with van der Waals surface area (Å²) in [7, 11) is 3.97. The minimum Gasteiger partial charge on any atom is -0.508 e. The molecule has 3 N–H and O–H groups in total. The SMILES string of the molecule is C[C@@H](Cc1csc2ccccc12)Nc1c(NC[C@@H](Cc2ccc(O)cc2)N(C)C)c(=O)c1=O. The van der Waals surface area contributed by atoms with Gasteiger partial charge in [-0.05, 0) is 74.0 Å². The third-order valence-electron chi connectivity index (χ3n) is 6.04. The number of fused-ring (bicyclic) bond motifs is 1. The molecule has 3 aromatic carbocycles. The van der Waals surface area contributed by atoms with Crippen molar-refractivity contribution in [3.63, 3.8) is 0 Å². The number of nitrogens with one attached hydrogen (secondary N) is 2. The Morgan fingerprint density at radius 3 is 2.39 bits per heavy atom. The van der Waals surface area contributed by atoms with Crippen molar-refractivity contribution in [2.24, 2.45) is 0 Å². The summed E-state index contributed by atoms with van der Waals surface area (Å²) in [6, 6.07) is 15.6. The molecular weight excluding hydrogens is 434 g/mol. The number of aromatic hydroxyl groups is 1. The molecule has 0 aliphatic rings. The van der Waals surface area contributed by atoms with Gasteiger partial charge in [0.15, 0.2) is 0 Å². The number of thiophene rings is 1. The standard InChI is InChI=1S/C26H29N3O3S/c1-16(12-18-15-33-22-7-5-4-6-21(18)22)28-24-23(25(31)26(24)32)27-14-19(29(2)3)13-17-8-10-20(30)11-9-17/h4-11,15-16,19,27-28,30H,12-14H2,1-3H3/t16-,19+/m0/s1. The molecule has 1 aromatic heterocycles. The van der Waals surface area contributed by atoms with Crippen LogP contribution in [0.25, 0.3) is 10.1 Å². The summed E-state index contributed by atoms with van der Waals surface area (Å²) in [6.07, 6.45) is 1.52. The molecule has 172 valence electrons. The van der Waals surface area contributed by atoms with Gasteiger partial charge in [0, 0.05) is 23.3 Å². The normalized spacial score (nSPS) is 13.5. The molecule has 4 aromatic rings. The van der Waals surface area contributed by atoms with E-state index >= 15 is 0 Å². The Morgan fingerprint density at radius 2 is 1.67 bits per heavy atom. The zero-order chi connectivity index (χ0) is 23.5. The van der Waals surface area contributed by atoms with E-state index in [9.17, 15) is 14.7 Å². The first-order chi connectivity index (χ1) is 15.8. The van der Waals surface area contributed by atoms with Crippen LogP contribution in [0, 0.1) is 0 Å². The number of anilines is 2. The van der Waals surface area contributed by atoms with Crippen molar-refractivity contribution in [3.8, 4) is 5.75 Å². The van der Waals surface area contributed by atoms with Crippen LogP contribution in [-0.4, -0.2) is 42.7 Å². The van der Waals surface area contributed by atoms with Crippen LogP contribution in [0.2, 0.25) is 0 Å². The van der Waals surface area contributed by atoms with Crippen molar-refractivity contribution in [1.29, 1.82) is 0 Å². The zero-order valence-electron chi connectivity index (χ0n) is 19.1. The number of phenols is 1. The molecular formula is C26H29N3O3S. The topological polar surface area (TPSA) is 81.7 Å². The van der Waals surface area contributed by atoms with E-state index in [4.69, 9.17) is 0 Å². The van der Waals surface area contributed by atoms with E-state index in [0.29, 0.717) is 17.9 Å². The molecule has 0 amide bonds. The Morgan fingerprint density at radius 1 is 0.970 bits per heavy atom. The number of phenolic OH excluding ortho intramolecular Hbond substituents is 1. The second kappa shape index (κ2) is 9.77. The molecule has 0 aliphatic heterocycles. The molecule has 6 nitrogen and oxygen atoms in total. The Bertz CT molecular complexity index is 1300. The summed E-state index contributed by atoms with van der Waals surface area (Å²) < 4.78 is 1.25. The highest BCUT2D eigenvalue weighted by atomic mass is 32.1. The van der Waals surface area contributed by atoms with Gasteiger partial charge in [0.1, 0.15) is 17.1 Å². The summed E-state index contributed by atoms with van der Waals surface area (Å²) in [6.45, 7) is 2.55. The van der Waals surface area contributed by atoms with Crippen molar-refractivity contribution in [2.45, 2.75) is 31.8 Å².